The Morgan fingerprint density at radius 1 is 0.909 bits per heavy atom. The first-order valence-electron chi connectivity index (χ1n) is 13.5. The Kier molecular flexibility index (Phi) is 7.05. The van der Waals surface area contributed by atoms with Crippen molar-refractivity contribution in [2.45, 2.75) is 115 Å². The van der Waals surface area contributed by atoms with Crippen LogP contribution < -0.4 is 0 Å². The molecule has 192 valence electrons. The predicted molar refractivity (Wildman–Crippen MR) is 126 cm³/mol. The molecule has 4 saturated carbocycles. The number of aliphatic hydroxyl groups excluding tert-OH is 5. The third kappa shape index (κ3) is 3.92. The summed E-state index contributed by atoms with van der Waals surface area (Å²) >= 11 is 0. The molecule has 4 aliphatic rings. The molecular weight excluding hydrogens is 420 g/mol. The Hall–Kier alpha value is -0.240. The van der Waals surface area contributed by atoms with Gasteiger partial charge in [0.05, 0.1) is 30.0 Å². The largest absolute Gasteiger partial charge is 0.396 e. The van der Waals surface area contributed by atoms with Gasteiger partial charge in [-0.2, -0.15) is 0 Å². The number of hydrogen-bond acceptors (Lipinski definition) is 6. The van der Waals surface area contributed by atoms with Gasteiger partial charge in [0.15, 0.2) is 0 Å². The number of fused-ring (bicyclic) bond motifs is 5. The fourth-order valence-electron chi connectivity index (χ4n) is 9.57. The molecule has 13 atom stereocenters. The van der Waals surface area contributed by atoms with Gasteiger partial charge in [-0.15, -0.1) is 0 Å². The minimum Gasteiger partial charge on any atom is -0.396 e. The Bertz CT molecular complexity index is 702. The Morgan fingerprint density at radius 2 is 1.58 bits per heavy atom. The van der Waals surface area contributed by atoms with Crippen LogP contribution in [0.4, 0.5) is 0 Å². The number of hydrogen-bond donors (Lipinski definition) is 6. The molecule has 6 nitrogen and oxygen atoms in total. The summed E-state index contributed by atoms with van der Waals surface area (Å²) in [5.74, 6) is -0.211. The van der Waals surface area contributed by atoms with Crippen molar-refractivity contribution in [2.24, 2.45) is 46.3 Å². The fourth-order valence-corrected chi connectivity index (χ4v) is 9.57. The van der Waals surface area contributed by atoms with E-state index in [1.54, 1.807) is 0 Å². The zero-order valence-electron chi connectivity index (χ0n) is 21.0. The maximum absolute atomic E-state index is 12.3. The maximum Gasteiger partial charge on any atom is 0.0863 e. The van der Waals surface area contributed by atoms with Crippen LogP contribution in [0.5, 0.6) is 0 Å². The average molecular weight is 469 g/mol. The monoisotopic (exact) mass is 468 g/mol. The fraction of sp³-hybridized carbons (Fsp3) is 1.00. The van der Waals surface area contributed by atoms with Crippen molar-refractivity contribution < 1.29 is 30.6 Å². The molecule has 0 radical (unpaired) electrons. The lowest BCUT2D eigenvalue weighted by Crippen LogP contribution is -2.68. The molecule has 0 aromatic heterocycles. The van der Waals surface area contributed by atoms with E-state index >= 15 is 0 Å². The van der Waals surface area contributed by atoms with E-state index in [0.717, 1.165) is 38.5 Å². The topological polar surface area (TPSA) is 121 Å². The molecule has 0 bridgehead atoms. The average Bonchev–Trinajstić information content (AvgIpc) is 2.95. The van der Waals surface area contributed by atoms with Crippen molar-refractivity contribution in [1.82, 2.24) is 0 Å². The Labute approximate surface area is 199 Å². The van der Waals surface area contributed by atoms with Gasteiger partial charge in [0.25, 0.3) is 0 Å². The third-order valence-electron chi connectivity index (χ3n) is 11.1. The van der Waals surface area contributed by atoms with E-state index in [0.29, 0.717) is 12.8 Å². The van der Waals surface area contributed by atoms with Crippen LogP contribution in [-0.4, -0.2) is 67.3 Å². The van der Waals surface area contributed by atoms with Gasteiger partial charge >= 0.3 is 0 Å². The van der Waals surface area contributed by atoms with E-state index in [9.17, 15) is 30.6 Å². The van der Waals surface area contributed by atoms with Crippen LogP contribution in [0.25, 0.3) is 0 Å². The number of aliphatic hydroxyl groups is 6. The highest BCUT2D eigenvalue weighted by Crippen LogP contribution is 2.69. The zero-order valence-corrected chi connectivity index (χ0v) is 21.0. The molecule has 6 N–H and O–H groups in total. The predicted octanol–water partition coefficient (Wildman–Crippen LogP) is 2.47. The molecule has 0 aromatic rings. The van der Waals surface area contributed by atoms with Crippen LogP contribution >= 0.6 is 0 Å². The van der Waals surface area contributed by atoms with E-state index in [1.165, 1.54) is 0 Å². The summed E-state index contributed by atoms with van der Waals surface area (Å²) in [6, 6.07) is 0. The summed E-state index contributed by atoms with van der Waals surface area (Å²) in [6.07, 6.45) is 3.75. The molecule has 0 aromatic carbocycles. The minimum atomic E-state index is -1.22. The molecule has 0 heterocycles. The molecule has 0 amide bonds. The van der Waals surface area contributed by atoms with Crippen LogP contribution in [0, 0.1) is 46.3 Å². The van der Waals surface area contributed by atoms with E-state index < -0.39 is 41.3 Å². The van der Waals surface area contributed by atoms with Crippen LogP contribution in [0.3, 0.4) is 0 Å². The van der Waals surface area contributed by atoms with Crippen molar-refractivity contribution in [2.75, 3.05) is 6.61 Å². The molecule has 0 aliphatic heterocycles. The van der Waals surface area contributed by atoms with Gasteiger partial charge in [0, 0.05) is 18.9 Å². The summed E-state index contributed by atoms with van der Waals surface area (Å²) in [5.41, 5.74) is -1.90. The molecular formula is C27H48O6. The van der Waals surface area contributed by atoms with Gasteiger partial charge in [0.1, 0.15) is 0 Å². The minimum absolute atomic E-state index is 0.0393. The lowest BCUT2D eigenvalue weighted by atomic mass is 9.42. The summed E-state index contributed by atoms with van der Waals surface area (Å²) in [5, 5.41) is 65.7. The lowest BCUT2D eigenvalue weighted by Gasteiger charge is -2.65. The van der Waals surface area contributed by atoms with E-state index in [-0.39, 0.29) is 48.0 Å². The standard InChI is InChI=1S/C27H48O6/c1-15(14-28)6-5-7-16(2)21-22(31)23(32)24-26(21,4)11-9-20-25(3)10-8-17(29)12-18(25)19(30)13-27(20,24)33/h15-24,28-33H,5-14H2,1-4H3/t15?,16-,17?,18-,19?,20-,21+,22?,23?,24-,25+,26-,27+/m1/s1. The molecule has 0 saturated heterocycles. The summed E-state index contributed by atoms with van der Waals surface area (Å²) in [6.45, 7) is 8.70. The summed E-state index contributed by atoms with van der Waals surface area (Å²) in [4.78, 5) is 0. The van der Waals surface area contributed by atoms with E-state index in [4.69, 9.17) is 0 Å². The van der Waals surface area contributed by atoms with E-state index in [2.05, 4.69) is 20.8 Å². The second kappa shape index (κ2) is 9.01. The van der Waals surface area contributed by atoms with Crippen molar-refractivity contribution in [3.8, 4) is 0 Å². The SMILES string of the molecule is CC(CO)CCC[C@@H](C)[C@H]1C(O)C(O)[C@@H]2[C@]1(C)CC[C@@H]1[C@@]3(C)CCC(O)C[C@@H]3C(O)C[C@]12O. The molecule has 6 heteroatoms. The quantitative estimate of drug-likeness (QED) is 0.356. The third-order valence-corrected chi connectivity index (χ3v) is 11.1. The van der Waals surface area contributed by atoms with Crippen molar-refractivity contribution in [1.29, 1.82) is 0 Å². The molecule has 5 unspecified atom stereocenters. The molecule has 4 aliphatic carbocycles. The van der Waals surface area contributed by atoms with Crippen LogP contribution in [0.1, 0.15) is 85.5 Å². The van der Waals surface area contributed by atoms with Crippen molar-refractivity contribution >= 4 is 0 Å². The van der Waals surface area contributed by atoms with Crippen molar-refractivity contribution in [3.05, 3.63) is 0 Å². The van der Waals surface area contributed by atoms with Gasteiger partial charge < -0.3 is 30.6 Å². The van der Waals surface area contributed by atoms with E-state index in [1.807, 2.05) is 6.92 Å². The van der Waals surface area contributed by atoms with Gasteiger partial charge in [-0.05, 0) is 78.9 Å². The van der Waals surface area contributed by atoms with Gasteiger partial charge in [-0.3, -0.25) is 0 Å². The second-order valence-electron chi connectivity index (χ2n) is 13.1. The van der Waals surface area contributed by atoms with Crippen molar-refractivity contribution in [3.63, 3.8) is 0 Å². The maximum atomic E-state index is 12.3. The van der Waals surface area contributed by atoms with Gasteiger partial charge in [-0.1, -0.05) is 40.5 Å². The first-order valence-corrected chi connectivity index (χ1v) is 13.5. The van der Waals surface area contributed by atoms with Gasteiger partial charge in [0.2, 0.25) is 0 Å². The van der Waals surface area contributed by atoms with Crippen LogP contribution in [0.2, 0.25) is 0 Å². The highest BCUT2D eigenvalue weighted by atomic mass is 16.3. The van der Waals surface area contributed by atoms with Crippen LogP contribution in [0.15, 0.2) is 0 Å². The first kappa shape index (κ1) is 25.8. The lowest BCUT2D eigenvalue weighted by molar-refractivity contribution is -0.264. The van der Waals surface area contributed by atoms with Crippen LogP contribution in [-0.2, 0) is 0 Å². The molecule has 4 rings (SSSR count). The molecule has 33 heavy (non-hydrogen) atoms. The van der Waals surface area contributed by atoms with Gasteiger partial charge in [-0.25, -0.2) is 0 Å². The summed E-state index contributed by atoms with van der Waals surface area (Å²) in [7, 11) is 0. The zero-order chi connectivity index (χ0) is 24.3. The molecule has 4 fully saturated rings. The molecule has 0 spiro atoms. The summed E-state index contributed by atoms with van der Waals surface area (Å²) < 4.78 is 0. The normalized spacial score (nSPS) is 53.6. The first-order chi connectivity index (χ1) is 15.4. The highest BCUT2D eigenvalue weighted by Gasteiger charge is 2.72. The number of rotatable bonds is 6. The Morgan fingerprint density at radius 3 is 2.24 bits per heavy atom. The second-order valence-corrected chi connectivity index (χ2v) is 13.1. The Balaban J connectivity index is 1.61. The highest BCUT2D eigenvalue weighted by molar-refractivity contribution is 5.21. The smallest absolute Gasteiger partial charge is 0.0863 e.